The van der Waals surface area contributed by atoms with Crippen LogP contribution in [0.15, 0.2) is 53.1 Å². The lowest BCUT2D eigenvalue weighted by molar-refractivity contribution is -0.387. The van der Waals surface area contributed by atoms with Gasteiger partial charge in [-0.3, -0.25) is 10.1 Å². The number of nitro groups is 1. The highest BCUT2D eigenvalue weighted by Crippen LogP contribution is 2.38. The average molecular weight is 480 g/mol. The molecule has 0 saturated heterocycles. The number of rotatable bonds is 6. The van der Waals surface area contributed by atoms with Gasteiger partial charge in [0, 0.05) is 23.3 Å². The normalized spacial score (nSPS) is 11.2. The quantitative estimate of drug-likeness (QED) is 0.290. The Kier molecular flexibility index (Phi) is 5.95. The van der Waals surface area contributed by atoms with E-state index in [1.54, 1.807) is 25.5 Å². The summed E-state index contributed by atoms with van der Waals surface area (Å²) < 4.78 is 26.6. The molecule has 0 spiro atoms. The van der Waals surface area contributed by atoms with Gasteiger partial charge in [0.05, 0.1) is 15.1 Å². The van der Waals surface area contributed by atoms with Crippen molar-refractivity contribution in [3.8, 4) is 0 Å². The van der Waals surface area contributed by atoms with Crippen molar-refractivity contribution < 1.29 is 13.9 Å². The van der Waals surface area contributed by atoms with E-state index in [9.17, 15) is 19.1 Å². The van der Waals surface area contributed by atoms with E-state index in [1.807, 2.05) is 12.1 Å². The van der Waals surface area contributed by atoms with E-state index in [2.05, 4.69) is 36.5 Å². The third kappa shape index (κ3) is 4.96. The third-order valence-corrected chi connectivity index (χ3v) is 6.01. The van der Waals surface area contributed by atoms with E-state index in [4.69, 9.17) is 0 Å². The summed E-state index contributed by atoms with van der Waals surface area (Å²) in [4.78, 5) is 18.6. The Morgan fingerprint density at radius 1 is 1.17 bits per heavy atom. The zero-order valence-corrected chi connectivity index (χ0v) is 17.9. The molecule has 2 aromatic carbocycles. The fraction of sp³-hybridized carbons (Fsp3) is 0.111. The van der Waals surface area contributed by atoms with Crippen LogP contribution in [-0.4, -0.2) is 28.2 Å². The summed E-state index contributed by atoms with van der Waals surface area (Å²) in [6.45, 7) is 3.36. The molecule has 0 amide bonds. The van der Waals surface area contributed by atoms with E-state index in [-0.39, 0.29) is 11.6 Å². The van der Waals surface area contributed by atoms with Crippen LogP contribution in [0, 0.1) is 15.9 Å². The molecule has 11 heteroatoms. The van der Waals surface area contributed by atoms with Gasteiger partial charge in [0.15, 0.2) is 0 Å². The van der Waals surface area contributed by atoms with Gasteiger partial charge in [0.25, 0.3) is 0 Å². The first kappa shape index (κ1) is 20.9. The molecule has 0 aliphatic heterocycles. The van der Waals surface area contributed by atoms with Crippen molar-refractivity contribution in [1.82, 2.24) is 9.97 Å². The first-order valence-corrected chi connectivity index (χ1v) is 11.7. The van der Waals surface area contributed by atoms with Gasteiger partial charge in [0.2, 0.25) is 11.8 Å². The summed E-state index contributed by atoms with van der Waals surface area (Å²) in [6, 6.07) is 10.6. The number of para-hydroxylation sites is 1. The van der Waals surface area contributed by atoms with Crippen LogP contribution < -0.4 is 15.9 Å². The van der Waals surface area contributed by atoms with E-state index >= 15 is 0 Å². The van der Waals surface area contributed by atoms with Crippen molar-refractivity contribution >= 4 is 57.2 Å². The molecule has 0 bridgehead atoms. The maximum atomic E-state index is 13.5. The van der Waals surface area contributed by atoms with Gasteiger partial charge in [-0.15, -0.1) is 0 Å². The number of anilines is 4. The van der Waals surface area contributed by atoms with Gasteiger partial charge in [0.1, 0.15) is 13.0 Å². The largest absolute Gasteiger partial charge is 0.339 e. The lowest BCUT2D eigenvalue weighted by Crippen LogP contribution is -2.11. The number of hydrogen-bond acceptors (Lipinski definition) is 7. The van der Waals surface area contributed by atoms with E-state index in [1.165, 1.54) is 12.3 Å². The summed E-state index contributed by atoms with van der Waals surface area (Å²) >= 11 is 3.37. The van der Waals surface area contributed by atoms with E-state index < -0.39 is 23.6 Å². The number of nitrogens with zero attached hydrogens (tertiary/aromatic N) is 3. The number of halogens is 2. The number of hydrogen-bond donors (Lipinski definition) is 2. The first-order chi connectivity index (χ1) is 13.6. The van der Waals surface area contributed by atoms with Crippen LogP contribution in [0.3, 0.4) is 0 Å². The highest BCUT2D eigenvalue weighted by molar-refractivity contribution is 9.10. The number of nitrogens with one attached hydrogen (secondary N) is 2. The SMILES string of the molecule is CP(C)(=O)c1ccccc1Nc1nc(Nc2ccc(F)c([N+](=O)[O-])c2)ncc1Br. The molecule has 0 radical (unpaired) electrons. The number of nitro benzene ring substituents is 1. The van der Waals surface area contributed by atoms with Crippen LogP contribution in [0.1, 0.15) is 0 Å². The van der Waals surface area contributed by atoms with Crippen LogP contribution in [0.2, 0.25) is 0 Å². The minimum Gasteiger partial charge on any atom is -0.339 e. The second kappa shape index (κ2) is 8.26. The molecule has 3 rings (SSSR count). The summed E-state index contributed by atoms with van der Waals surface area (Å²) in [5.41, 5.74) is 0.253. The van der Waals surface area contributed by atoms with E-state index in [0.29, 0.717) is 21.3 Å². The Balaban J connectivity index is 1.91. The highest BCUT2D eigenvalue weighted by atomic mass is 79.9. The van der Waals surface area contributed by atoms with Crippen molar-refractivity contribution in [3.05, 3.63) is 69.1 Å². The average Bonchev–Trinajstić information content (AvgIpc) is 2.65. The standard InChI is InChI=1S/C18H16BrFN5O3P/c1-29(2,28)16-6-4-3-5-14(16)23-17-12(19)10-21-18(24-17)22-11-7-8-13(20)15(9-11)25(26)27/h3-10H,1-2H3,(H2,21,22,23,24). The highest BCUT2D eigenvalue weighted by Gasteiger charge is 2.18. The molecule has 1 aromatic heterocycles. The fourth-order valence-corrected chi connectivity index (χ4v) is 4.00. The molecule has 150 valence electrons. The molecule has 0 saturated carbocycles. The van der Waals surface area contributed by atoms with Crippen molar-refractivity contribution in [1.29, 1.82) is 0 Å². The zero-order chi connectivity index (χ0) is 21.2. The first-order valence-electron chi connectivity index (χ1n) is 8.30. The second-order valence-corrected chi connectivity index (χ2v) is 10.5. The molecular formula is C18H16BrFN5O3P. The molecule has 0 aliphatic carbocycles. The molecule has 0 unspecified atom stereocenters. The van der Waals surface area contributed by atoms with Crippen LogP contribution in [0.4, 0.5) is 33.2 Å². The van der Waals surface area contributed by atoms with E-state index in [0.717, 1.165) is 12.1 Å². The maximum absolute atomic E-state index is 13.5. The predicted molar refractivity (Wildman–Crippen MR) is 115 cm³/mol. The fourth-order valence-electron chi connectivity index (χ4n) is 2.55. The van der Waals surface area contributed by atoms with Crippen molar-refractivity contribution in [2.24, 2.45) is 0 Å². The van der Waals surface area contributed by atoms with Crippen molar-refractivity contribution in [2.45, 2.75) is 0 Å². The van der Waals surface area contributed by atoms with Gasteiger partial charge in [-0.1, -0.05) is 12.1 Å². The second-order valence-electron chi connectivity index (χ2n) is 6.43. The molecule has 1 heterocycles. The van der Waals surface area contributed by atoms with Crippen LogP contribution in [-0.2, 0) is 4.57 Å². The summed E-state index contributed by atoms with van der Waals surface area (Å²) in [7, 11) is -2.53. The van der Waals surface area contributed by atoms with Crippen molar-refractivity contribution in [3.63, 3.8) is 0 Å². The minimum absolute atomic E-state index is 0.144. The van der Waals surface area contributed by atoms with Gasteiger partial charge < -0.3 is 15.2 Å². The Morgan fingerprint density at radius 3 is 2.59 bits per heavy atom. The van der Waals surface area contributed by atoms with Gasteiger partial charge in [-0.25, -0.2) is 4.98 Å². The Hall–Kier alpha value is -2.84. The maximum Gasteiger partial charge on any atom is 0.306 e. The van der Waals surface area contributed by atoms with Gasteiger partial charge in [-0.2, -0.15) is 9.37 Å². The van der Waals surface area contributed by atoms with Crippen molar-refractivity contribution in [2.75, 3.05) is 24.0 Å². The topological polar surface area (TPSA) is 110 Å². The third-order valence-electron chi connectivity index (χ3n) is 3.88. The van der Waals surface area contributed by atoms with Gasteiger partial charge >= 0.3 is 5.69 Å². The molecule has 29 heavy (non-hydrogen) atoms. The summed E-state index contributed by atoms with van der Waals surface area (Å²) in [5, 5.41) is 17.5. The lowest BCUT2D eigenvalue weighted by Gasteiger charge is -2.16. The Bertz CT molecular complexity index is 1140. The Morgan fingerprint density at radius 2 is 1.90 bits per heavy atom. The number of aromatic nitrogens is 2. The molecule has 3 aromatic rings. The molecule has 2 N–H and O–H groups in total. The molecule has 0 aliphatic rings. The predicted octanol–water partition coefficient (Wildman–Crippen LogP) is 5.02. The summed E-state index contributed by atoms with van der Waals surface area (Å²) in [6.07, 6.45) is 1.50. The minimum atomic E-state index is -2.53. The van der Waals surface area contributed by atoms with Crippen LogP contribution >= 0.6 is 23.1 Å². The van der Waals surface area contributed by atoms with Crippen LogP contribution in [0.25, 0.3) is 0 Å². The zero-order valence-electron chi connectivity index (χ0n) is 15.4. The molecule has 0 fully saturated rings. The molecular weight excluding hydrogens is 464 g/mol. The molecule has 0 atom stereocenters. The summed E-state index contributed by atoms with van der Waals surface area (Å²) in [5.74, 6) is -0.384. The monoisotopic (exact) mass is 479 g/mol. The molecule has 8 nitrogen and oxygen atoms in total. The number of benzene rings is 2. The lowest BCUT2D eigenvalue weighted by atomic mass is 10.2. The van der Waals surface area contributed by atoms with Gasteiger partial charge in [-0.05, 0) is 53.5 Å². The smallest absolute Gasteiger partial charge is 0.306 e. The van der Waals surface area contributed by atoms with Crippen LogP contribution in [0.5, 0.6) is 0 Å². The Labute approximate surface area is 174 Å².